The highest BCUT2D eigenvalue weighted by Gasteiger charge is 2.57. The molecule has 3 fully saturated rings. The molecular weight excluding hydrogens is 336 g/mol. The first-order chi connectivity index (χ1) is 12.9. The topological polar surface area (TPSA) is 55.7 Å². The molecule has 4 nitrogen and oxygen atoms in total. The van der Waals surface area contributed by atoms with Crippen molar-refractivity contribution in [2.24, 2.45) is 11.8 Å². The summed E-state index contributed by atoms with van der Waals surface area (Å²) >= 11 is 0. The fourth-order valence-corrected chi connectivity index (χ4v) is 5.46. The van der Waals surface area contributed by atoms with Crippen molar-refractivity contribution in [1.82, 2.24) is 10.2 Å². The van der Waals surface area contributed by atoms with Gasteiger partial charge in [0, 0.05) is 24.5 Å². The van der Waals surface area contributed by atoms with Crippen molar-refractivity contribution in [3.05, 3.63) is 29.8 Å². The van der Waals surface area contributed by atoms with E-state index in [1.807, 2.05) is 12.1 Å². The zero-order valence-electron chi connectivity index (χ0n) is 17.0. The molecule has 3 aliphatic rings. The SMILES string of the molecule is CC(C)CNC1CCC2(O)CN(CC3CC3)CCC2(c2cccc(O)c2)C1. The van der Waals surface area contributed by atoms with Crippen molar-refractivity contribution in [2.45, 2.75) is 69.4 Å². The van der Waals surface area contributed by atoms with Gasteiger partial charge in [-0.25, -0.2) is 0 Å². The molecule has 0 bridgehead atoms. The van der Waals surface area contributed by atoms with Crippen LogP contribution in [0.4, 0.5) is 0 Å². The zero-order valence-corrected chi connectivity index (χ0v) is 17.0. The quantitative estimate of drug-likeness (QED) is 0.717. The number of fused-ring (bicyclic) bond motifs is 1. The standard InChI is InChI=1S/C23H36N2O2/c1-17(2)14-24-20-8-9-23(27)16-25(15-18-6-7-18)11-10-22(23,13-20)19-4-3-5-21(26)12-19/h3-5,12,17-18,20,24,26-27H,6-11,13-16H2,1-2H3. The Bertz CT molecular complexity index is 660. The minimum Gasteiger partial charge on any atom is -0.508 e. The van der Waals surface area contributed by atoms with Crippen LogP contribution in [-0.2, 0) is 5.41 Å². The Hall–Kier alpha value is -1.10. The van der Waals surface area contributed by atoms with Crippen LogP contribution in [0.15, 0.2) is 24.3 Å². The first kappa shape index (κ1) is 19.2. The van der Waals surface area contributed by atoms with Gasteiger partial charge in [-0.05, 0) is 81.1 Å². The number of phenolic OH excluding ortho intramolecular Hbond substituents is 1. The van der Waals surface area contributed by atoms with Crippen LogP contribution in [0.25, 0.3) is 0 Å². The normalized spacial score (nSPS) is 34.6. The molecule has 1 aliphatic heterocycles. The second-order valence-corrected chi connectivity index (χ2v) is 9.83. The number of rotatable bonds is 6. The van der Waals surface area contributed by atoms with Gasteiger partial charge in [-0.3, -0.25) is 0 Å². The Morgan fingerprint density at radius 2 is 2.04 bits per heavy atom. The van der Waals surface area contributed by atoms with E-state index >= 15 is 0 Å². The van der Waals surface area contributed by atoms with E-state index < -0.39 is 5.60 Å². The summed E-state index contributed by atoms with van der Waals surface area (Å²) in [5, 5.41) is 25.8. The summed E-state index contributed by atoms with van der Waals surface area (Å²) in [7, 11) is 0. The lowest BCUT2D eigenvalue weighted by Gasteiger charge is -2.58. The van der Waals surface area contributed by atoms with Crippen molar-refractivity contribution in [2.75, 3.05) is 26.2 Å². The minimum atomic E-state index is -0.704. The molecule has 1 aromatic rings. The Balaban J connectivity index is 1.61. The highest BCUT2D eigenvalue weighted by Crippen LogP contribution is 2.52. The van der Waals surface area contributed by atoms with Gasteiger partial charge in [0.1, 0.15) is 5.75 Å². The zero-order chi connectivity index (χ0) is 19.1. The first-order valence-corrected chi connectivity index (χ1v) is 10.9. The van der Waals surface area contributed by atoms with E-state index in [1.54, 1.807) is 6.07 Å². The van der Waals surface area contributed by atoms with E-state index in [-0.39, 0.29) is 5.41 Å². The number of hydrogen-bond acceptors (Lipinski definition) is 4. The van der Waals surface area contributed by atoms with E-state index in [0.29, 0.717) is 17.7 Å². The number of benzene rings is 1. The lowest BCUT2D eigenvalue weighted by Crippen LogP contribution is -2.67. The molecule has 3 atom stereocenters. The number of hydrogen-bond donors (Lipinski definition) is 3. The smallest absolute Gasteiger partial charge is 0.115 e. The molecule has 1 heterocycles. The molecular formula is C23H36N2O2. The van der Waals surface area contributed by atoms with Crippen LogP contribution in [0, 0.1) is 11.8 Å². The summed E-state index contributed by atoms with van der Waals surface area (Å²) in [4.78, 5) is 2.50. The Labute approximate surface area is 164 Å². The van der Waals surface area contributed by atoms with Gasteiger partial charge in [0.05, 0.1) is 5.60 Å². The van der Waals surface area contributed by atoms with E-state index in [0.717, 1.165) is 63.3 Å². The third-order valence-corrected chi connectivity index (χ3v) is 7.16. The molecule has 1 aromatic carbocycles. The van der Waals surface area contributed by atoms with Crippen LogP contribution in [0.1, 0.15) is 57.9 Å². The van der Waals surface area contributed by atoms with Gasteiger partial charge < -0.3 is 20.4 Å². The van der Waals surface area contributed by atoms with E-state index in [9.17, 15) is 10.2 Å². The predicted molar refractivity (Wildman–Crippen MR) is 109 cm³/mol. The number of likely N-dealkylation sites (tertiary alicyclic amines) is 1. The number of piperidine rings is 1. The monoisotopic (exact) mass is 372 g/mol. The minimum absolute atomic E-state index is 0.265. The number of phenols is 1. The van der Waals surface area contributed by atoms with Gasteiger partial charge in [-0.1, -0.05) is 26.0 Å². The maximum atomic E-state index is 11.9. The lowest BCUT2D eigenvalue weighted by atomic mass is 9.55. The maximum absolute atomic E-state index is 11.9. The molecule has 4 heteroatoms. The fourth-order valence-electron chi connectivity index (χ4n) is 5.46. The molecule has 4 rings (SSSR count). The van der Waals surface area contributed by atoms with Crippen molar-refractivity contribution in [3.8, 4) is 5.75 Å². The molecule has 0 spiro atoms. The highest BCUT2D eigenvalue weighted by atomic mass is 16.3. The molecule has 2 saturated carbocycles. The van der Waals surface area contributed by atoms with Gasteiger partial charge in [0.25, 0.3) is 0 Å². The van der Waals surface area contributed by atoms with Gasteiger partial charge in [-0.2, -0.15) is 0 Å². The van der Waals surface area contributed by atoms with Crippen LogP contribution >= 0.6 is 0 Å². The van der Waals surface area contributed by atoms with Gasteiger partial charge in [-0.15, -0.1) is 0 Å². The second kappa shape index (κ2) is 7.38. The first-order valence-electron chi connectivity index (χ1n) is 10.9. The molecule has 0 amide bonds. The number of nitrogens with zero attached hydrogens (tertiary/aromatic N) is 1. The highest BCUT2D eigenvalue weighted by molar-refractivity contribution is 5.38. The summed E-state index contributed by atoms with van der Waals surface area (Å²) in [6.07, 6.45) is 6.50. The van der Waals surface area contributed by atoms with Crippen molar-refractivity contribution in [3.63, 3.8) is 0 Å². The number of nitrogens with one attached hydrogen (secondary N) is 1. The molecule has 150 valence electrons. The molecule has 3 unspecified atom stereocenters. The second-order valence-electron chi connectivity index (χ2n) is 9.83. The van der Waals surface area contributed by atoms with Gasteiger partial charge in [0.15, 0.2) is 0 Å². The van der Waals surface area contributed by atoms with Crippen LogP contribution in [-0.4, -0.2) is 52.9 Å². The van der Waals surface area contributed by atoms with Crippen LogP contribution in [0.3, 0.4) is 0 Å². The molecule has 0 aromatic heterocycles. The van der Waals surface area contributed by atoms with E-state index in [4.69, 9.17) is 0 Å². The third-order valence-electron chi connectivity index (χ3n) is 7.16. The number of aliphatic hydroxyl groups is 1. The number of β-amino-alcohol motifs (C(OH)–C–C–N with tert-alkyl or cyclic N) is 1. The van der Waals surface area contributed by atoms with E-state index in [2.05, 4.69) is 30.1 Å². The third kappa shape index (κ3) is 3.90. The summed E-state index contributed by atoms with van der Waals surface area (Å²) in [6.45, 7) is 8.48. The summed E-state index contributed by atoms with van der Waals surface area (Å²) in [6, 6.07) is 8.11. The molecule has 1 saturated heterocycles. The molecule has 2 aliphatic carbocycles. The van der Waals surface area contributed by atoms with Crippen molar-refractivity contribution >= 4 is 0 Å². The molecule has 0 radical (unpaired) electrons. The Kier molecular flexibility index (Phi) is 5.26. The Morgan fingerprint density at radius 3 is 2.74 bits per heavy atom. The van der Waals surface area contributed by atoms with E-state index in [1.165, 1.54) is 12.8 Å². The summed E-state index contributed by atoms with van der Waals surface area (Å²) in [5.41, 5.74) is 0.148. The van der Waals surface area contributed by atoms with Gasteiger partial charge in [0.2, 0.25) is 0 Å². The predicted octanol–water partition coefficient (Wildman–Crippen LogP) is 3.27. The molecule has 27 heavy (non-hydrogen) atoms. The average Bonchev–Trinajstić information content (AvgIpc) is 3.43. The van der Waals surface area contributed by atoms with Gasteiger partial charge >= 0.3 is 0 Å². The summed E-state index contributed by atoms with van der Waals surface area (Å²) in [5.74, 6) is 1.79. The van der Waals surface area contributed by atoms with Crippen LogP contribution in [0.5, 0.6) is 5.75 Å². The lowest BCUT2D eigenvalue weighted by molar-refractivity contribution is -0.127. The van der Waals surface area contributed by atoms with Crippen molar-refractivity contribution < 1.29 is 10.2 Å². The maximum Gasteiger partial charge on any atom is 0.115 e. The largest absolute Gasteiger partial charge is 0.508 e. The van der Waals surface area contributed by atoms with Crippen molar-refractivity contribution in [1.29, 1.82) is 0 Å². The van der Waals surface area contributed by atoms with Crippen LogP contribution < -0.4 is 5.32 Å². The Morgan fingerprint density at radius 1 is 1.22 bits per heavy atom. The number of aromatic hydroxyl groups is 1. The summed E-state index contributed by atoms with van der Waals surface area (Å²) < 4.78 is 0. The fraction of sp³-hybridized carbons (Fsp3) is 0.739. The van der Waals surface area contributed by atoms with Crippen LogP contribution in [0.2, 0.25) is 0 Å². The average molecular weight is 373 g/mol. The molecule has 3 N–H and O–H groups in total.